The number of nitrogens with two attached hydrogens (primary N) is 1. The monoisotopic (exact) mass is 233 g/mol. The topological polar surface area (TPSA) is 60.2 Å². The molecule has 0 amide bonds. The van der Waals surface area contributed by atoms with Crippen molar-refractivity contribution in [3.63, 3.8) is 0 Å². The second-order valence-electron chi connectivity index (χ2n) is 3.55. The lowest BCUT2D eigenvalue weighted by Gasteiger charge is -2.16. The first-order valence-corrected chi connectivity index (χ1v) is 5.64. The summed E-state index contributed by atoms with van der Waals surface area (Å²) < 4.78 is 5.01. The van der Waals surface area contributed by atoms with Crippen LogP contribution >= 0.6 is 0 Å². The SMILES string of the molecule is CC#CCCNC(CN)c1ccc(OC)nc1. The Labute approximate surface area is 103 Å². The predicted octanol–water partition coefficient (Wildman–Crippen LogP) is 1.09. The summed E-state index contributed by atoms with van der Waals surface area (Å²) in [4.78, 5) is 4.16. The molecule has 4 heteroatoms. The van der Waals surface area contributed by atoms with E-state index in [2.05, 4.69) is 22.1 Å². The summed E-state index contributed by atoms with van der Waals surface area (Å²) in [7, 11) is 1.60. The van der Waals surface area contributed by atoms with E-state index in [-0.39, 0.29) is 6.04 Å². The van der Waals surface area contributed by atoms with Crippen LogP contribution in [-0.4, -0.2) is 25.2 Å². The third kappa shape index (κ3) is 4.43. The van der Waals surface area contributed by atoms with Crippen molar-refractivity contribution in [2.24, 2.45) is 5.73 Å². The highest BCUT2D eigenvalue weighted by Crippen LogP contribution is 2.13. The summed E-state index contributed by atoms with van der Waals surface area (Å²) >= 11 is 0. The average Bonchev–Trinajstić information content (AvgIpc) is 2.39. The lowest BCUT2D eigenvalue weighted by molar-refractivity contribution is 0.397. The van der Waals surface area contributed by atoms with Crippen molar-refractivity contribution in [2.75, 3.05) is 20.2 Å². The highest BCUT2D eigenvalue weighted by molar-refractivity contribution is 5.21. The van der Waals surface area contributed by atoms with Gasteiger partial charge in [0.2, 0.25) is 5.88 Å². The molecule has 0 aliphatic rings. The van der Waals surface area contributed by atoms with E-state index in [0.29, 0.717) is 12.4 Å². The van der Waals surface area contributed by atoms with Crippen LogP contribution in [0.25, 0.3) is 0 Å². The van der Waals surface area contributed by atoms with Gasteiger partial charge < -0.3 is 15.8 Å². The number of hydrogen-bond donors (Lipinski definition) is 2. The number of nitrogens with zero attached hydrogens (tertiary/aromatic N) is 1. The number of ether oxygens (including phenoxy) is 1. The van der Waals surface area contributed by atoms with E-state index in [9.17, 15) is 0 Å². The van der Waals surface area contributed by atoms with Crippen molar-refractivity contribution < 1.29 is 4.74 Å². The van der Waals surface area contributed by atoms with Crippen molar-refractivity contribution >= 4 is 0 Å². The molecule has 0 aliphatic carbocycles. The van der Waals surface area contributed by atoms with E-state index >= 15 is 0 Å². The molecule has 0 aliphatic heterocycles. The average molecular weight is 233 g/mol. The summed E-state index contributed by atoms with van der Waals surface area (Å²) in [5, 5.41) is 3.35. The molecule has 0 bridgehead atoms. The second kappa shape index (κ2) is 7.66. The molecule has 1 aromatic rings. The molecule has 0 aromatic carbocycles. The van der Waals surface area contributed by atoms with Crippen LogP contribution in [0.3, 0.4) is 0 Å². The molecule has 17 heavy (non-hydrogen) atoms. The first kappa shape index (κ1) is 13.5. The third-order valence-corrected chi connectivity index (χ3v) is 2.42. The Morgan fingerprint density at radius 2 is 2.35 bits per heavy atom. The molecule has 4 nitrogen and oxygen atoms in total. The molecular weight excluding hydrogens is 214 g/mol. The number of aromatic nitrogens is 1. The molecule has 1 rings (SSSR count). The minimum atomic E-state index is 0.118. The zero-order valence-electron chi connectivity index (χ0n) is 10.4. The lowest BCUT2D eigenvalue weighted by Crippen LogP contribution is -2.29. The van der Waals surface area contributed by atoms with Crippen molar-refractivity contribution in [1.82, 2.24) is 10.3 Å². The zero-order chi connectivity index (χ0) is 12.5. The van der Waals surface area contributed by atoms with Crippen LogP contribution in [0.1, 0.15) is 24.9 Å². The van der Waals surface area contributed by atoms with Gasteiger partial charge in [-0.2, -0.15) is 0 Å². The first-order valence-electron chi connectivity index (χ1n) is 5.64. The molecule has 0 spiro atoms. The number of methoxy groups -OCH3 is 1. The Kier molecular flexibility index (Phi) is 6.08. The summed E-state index contributed by atoms with van der Waals surface area (Å²) in [6.45, 7) is 3.20. The van der Waals surface area contributed by atoms with Gasteiger partial charge in [0.15, 0.2) is 0 Å². The molecule has 1 unspecified atom stereocenters. The van der Waals surface area contributed by atoms with Gasteiger partial charge in [-0.15, -0.1) is 11.8 Å². The fraction of sp³-hybridized carbons (Fsp3) is 0.462. The Bertz CT molecular complexity index is 378. The van der Waals surface area contributed by atoms with Gasteiger partial charge in [0.1, 0.15) is 0 Å². The van der Waals surface area contributed by atoms with Crippen LogP contribution in [-0.2, 0) is 0 Å². The Morgan fingerprint density at radius 1 is 1.53 bits per heavy atom. The van der Waals surface area contributed by atoms with Gasteiger partial charge in [-0.3, -0.25) is 0 Å². The van der Waals surface area contributed by atoms with Crippen molar-refractivity contribution in [1.29, 1.82) is 0 Å². The van der Waals surface area contributed by atoms with E-state index in [1.54, 1.807) is 13.3 Å². The fourth-order valence-electron chi connectivity index (χ4n) is 1.49. The van der Waals surface area contributed by atoms with E-state index in [1.165, 1.54) is 0 Å². The molecule has 92 valence electrons. The molecule has 0 fully saturated rings. The highest BCUT2D eigenvalue weighted by Gasteiger charge is 2.08. The van der Waals surface area contributed by atoms with Crippen molar-refractivity contribution in [3.05, 3.63) is 23.9 Å². The molecular formula is C13H19N3O. The van der Waals surface area contributed by atoms with E-state index < -0.39 is 0 Å². The van der Waals surface area contributed by atoms with Crippen molar-refractivity contribution in [3.8, 4) is 17.7 Å². The molecule has 1 aromatic heterocycles. The van der Waals surface area contributed by atoms with Crippen LogP contribution in [0.4, 0.5) is 0 Å². The van der Waals surface area contributed by atoms with Gasteiger partial charge in [-0.1, -0.05) is 6.07 Å². The van der Waals surface area contributed by atoms with Gasteiger partial charge in [0.05, 0.1) is 7.11 Å². The van der Waals surface area contributed by atoms with Crippen LogP contribution in [0.15, 0.2) is 18.3 Å². The molecule has 0 saturated carbocycles. The highest BCUT2D eigenvalue weighted by atomic mass is 16.5. The van der Waals surface area contributed by atoms with Crippen LogP contribution in [0, 0.1) is 11.8 Å². The summed E-state index contributed by atoms with van der Waals surface area (Å²) in [5.41, 5.74) is 6.80. The largest absolute Gasteiger partial charge is 0.481 e. The summed E-state index contributed by atoms with van der Waals surface area (Å²) in [5.74, 6) is 6.49. The maximum atomic E-state index is 5.73. The summed E-state index contributed by atoms with van der Waals surface area (Å²) in [6, 6.07) is 3.93. The number of nitrogens with one attached hydrogen (secondary N) is 1. The predicted molar refractivity (Wildman–Crippen MR) is 68.7 cm³/mol. The Hall–Kier alpha value is -1.57. The minimum Gasteiger partial charge on any atom is -0.481 e. The van der Waals surface area contributed by atoms with Gasteiger partial charge in [-0.25, -0.2) is 4.98 Å². The smallest absolute Gasteiger partial charge is 0.212 e. The quantitative estimate of drug-likeness (QED) is 0.570. The maximum Gasteiger partial charge on any atom is 0.212 e. The van der Waals surface area contributed by atoms with Gasteiger partial charge >= 0.3 is 0 Å². The Balaban J connectivity index is 2.55. The van der Waals surface area contributed by atoms with E-state index in [1.807, 2.05) is 19.1 Å². The normalized spacial score (nSPS) is 11.5. The fourth-order valence-corrected chi connectivity index (χ4v) is 1.49. The second-order valence-corrected chi connectivity index (χ2v) is 3.55. The zero-order valence-corrected chi connectivity index (χ0v) is 10.4. The Morgan fingerprint density at radius 3 is 2.88 bits per heavy atom. The van der Waals surface area contributed by atoms with E-state index in [0.717, 1.165) is 18.5 Å². The summed E-state index contributed by atoms with van der Waals surface area (Å²) in [6.07, 6.45) is 2.62. The third-order valence-electron chi connectivity index (χ3n) is 2.42. The lowest BCUT2D eigenvalue weighted by atomic mass is 10.1. The van der Waals surface area contributed by atoms with Crippen LogP contribution < -0.4 is 15.8 Å². The standard InChI is InChI=1S/C13H19N3O/c1-3-4-5-8-15-12(9-14)11-6-7-13(17-2)16-10-11/h6-7,10,12,15H,5,8-9,14H2,1-2H3. The minimum absolute atomic E-state index is 0.118. The number of hydrogen-bond acceptors (Lipinski definition) is 4. The van der Waals surface area contributed by atoms with Crippen LogP contribution in [0.5, 0.6) is 5.88 Å². The molecule has 1 atom stereocenters. The molecule has 1 heterocycles. The number of rotatable bonds is 6. The first-order chi connectivity index (χ1) is 8.31. The van der Waals surface area contributed by atoms with Gasteiger partial charge in [0.25, 0.3) is 0 Å². The maximum absolute atomic E-state index is 5.73. The van der Waals surface area contributed by atoms with Crippen LogP contribution in [0.2, 0.25) is 0 Å². The number of pyridine rings is 1. The molecule has 0 radical (unpaired) electrons. The van der Waals surface area contributed by atoms with Gasteiger partial charge in [0, 0.05) is 37.8 Å². The molecule has 0 saturated heterocycles. The molecule has 3 N–H and O–H groups in total. The van der Waals surface area contributed by atoms with Gasteiger partial charge in [-0.05, 0) is 12.5 Å². The van der Waals surface area contributed by atoms with E-state index in [4.69, 9.17) is 10.5 Å². The van der Waals surface area contributed by atoms with Crippen molar-refractivity contribution in [2.45, 2.75) is 19.4 Å².